The first-order valence-corrected chi connectivity index (χ1v) is 15.4. The lowest BCUT2D eigenvalue weighted by Crippen LogP contribution is -2.50. The largest absolute Gasteiger partial charge is 0.422 e. The van der Waals surface area contributed by atoms with Gasteiger partial charge < -0.3 is 25.5 Å². The molecule has 0 radical (unpaired) electrons. The third-order valence-electron chi connectivity index (χ3n) is 6.13. The van der Waals surface area contributed by atoms with Crippen LogP contribution in [0, 0.1) is 6.92 Å². The van der Waals surface area contributed by atoms with Crippen LogP contribution in [-0.4, -0.2) is 81.9 Å². The molecule has 1 heterocycles. The van der Waals surface area contributed by atoms with Crippen LogP contribution in [0.1, 0.15) is 16.7 Å². The zero-order chi connectivity index (χ0) is 32.4. The van der Waals surface area contributed by atoms with Gasteiger partial charge in [0.1, 0.15) is 5.58 Å². The van der Waals surface area contributed by atoms with Gasteiger partial charge in [-0.3, -0.25) is 9.59 Å². The van der Waals surface area contributed by atoms with Crippen molar-refractivity contribution in [3.05, 3.63) is 68.5 Å². The molecule has 0 spiro atoms. The molecule has 43 heavy (non-hydrogen) atoms. The number of hydrogen-bond donors (Lipinski definition) is 2. The highest BCUT2D eigenvalue weighted by Gasteiger charge is 2.38. The number of fused-ring (bicyclic) bond motifs is 1. The summed E-state index contributed by atoms with van der Waals surface area (Å²) < 4.78 is 63.5. The van der Waals surface area contributed by atoms with Crippen LogP contribution in [0.15, 0.2) is 50.5 Å². The molecule has 2 aromatic carbocycles. The van der Waals surface area contributed by atoms with Crippen molar-refractivity contribution in [3.8, 4) is 5.75 Å². The quantitative estimate of drug-likeness (QED) is 0.272. The average Bonchev–Trinajstić information content (AvgIpc) is 2.90. The molecule has 4 N–H and O–H groups in total. The van der Waals surface area contributed by atoms with Gasteiger partial charge in [0.15, 0.2) is 5.75 Å². The number of rotatable bonds is 11. The van der Waals surface area contributed by atoms with E-state index in [0.717, 1.165) is 19.2 Å². The molecule has 232 valence electrons. The van der Waals surface area contributed by atoms with Crippen LogP contribution in [0.5, 0.6) is 5.75 Å². The fourth-order valence-corrected chi connectivity index (χ4v) is 7.37. The molecule has 0 atom stereocenters. The number of sulfonamides is 1. The summed E-state index contributed by atoms with van der Waals surface area (Å²) in [5, 5.41) is 0.507. The molecule has 0 saturated heterocycles. The number of halogens is 1. The molecule has 3 aromatic rings. The topological polar surface area (TPSA) is 221 Å². The summed E-state index contributed by atoms with van der Waals surface area (Å²) in [5.41, 5.74) is 10.4. The Morgan fingerprint density at radius 2 is 1.58 bits per heavy atom. The number of ether oxygens (including phenoxy) is 1. The van der Waals surface area contributed by atoms with Crippen molar-refractivity contribution >= 4 is 60.7 Å². The highest BCUT2D eigenvalue weighted by molar-refractivity contribution is 8.03. The zero-order valence-corrected chi connectivity index (χ0v) is 25.7. The highest BCUT2D eigenvalue weighted by Crippen LogP contribution is 2.33. The Bertz CT molecular complexity index is 1880. The van der Waals surface area contributed by atoms with Crippen molar-refractivity contribution in [2.24, 2.45) is 11.5 Å². The van der Waals surface area contributed by atoms with Gasteiger partial charge in [-0.1, -0.05) is 27.4 Å². The van der Waals surface area contributed by atoms with Gasteiger partial charge in [0.2, 0.25) is 11.8 Å². The van der Waals surface area contributed by atoms with Crippen LogP contribution in [0.2, 0.25) is 5.02 Å². The fraction of sp³-hybridized carbons (Fsp3) is 0.280. The van der Waals surface area contributed by atoms with Crippen LogP contribution < -0.4 is 21.8 Å². The highest BCUT2D eigenvalue weighted by atomic mass is 35.5. The van der Waals surface area contributed by atoms with Crippen molar-refractivity contribution in [2.75, 3.05) is 34.2 Å². The van der Waals surface area contributed by atoms with E-state index < -0.39 is 61.8 Å². The van der Waals surface area contributed by atoms with Gasteiger partial charge in [0, 0.05) is 44.6 Å². The molecule has 18 heteroatoms. The number of amides is 3. The van der Waals surface area contributed by atoms with Gasteiger partial charge in [-0.05, 0) is 36.2 Å². The Kier molecular flexibility index (Phi) is 9.87. The van der Waals surface area contributed by atoms with Gasteiger partial charge in [-0.2, -0.15) is 12.7 Å². The van der Waals surface area contributed by atoms with Crippen molar-refractivity contribution in [1.82, 2.24) is 12.9 Å². The molecular weight excluding hydrogens is 630 g/mol. The summed E-state index contributed by atoms with van der Waals surface area (Å²) in [6.45, 7) is -0.360. The van der Waals surface area contributed by atoms with Crippen LogP contribution >= 0.6 is 11.6 Å². The second kappa shape index (κ2) is 12.7. The molecule has 3 rings (SSSR count). The van der Waals surface area contributed by atoms with E-state index in [1.54, 1.807) is 6.92 Å². The molecule has 0 unspecified atom stereocenters. The second-order valence-corrected chi connectivity index (χ2v) is 14.0. The van der Waals surface area contributed by atoms with Crippen molar-refractivity contribution in [2.45, 2.75) is 18.2 Å². The van der Waals surface area contributed by atoms with Crippen LogP contribution in [-0.2, 0) is 36.2 Å². The lowest BCUT2D eigenvalue weighted by molar-refractivity contribution is -0.120. The smallest absolute Gasteiger partial charge is 0.414 e. The molecule has 1 aromatic heterocycles. The summed E-state index contributed by atoms with van der Waals surface area (Å²) in [6, 6.07) is 7.91. The van der Waals surface area contributed by atoms with Crippen LogP contribution in [0.4, 0.5) is 4.79 Å². The normalized spacial score (nSPS) is 12.1. The van der Waals surface area contributed by atoms with E-state index in [9.17, 15) is 36.0 Å². The number of primary amides is 2. The third kappa shape index (κ3) is 7.31. The molecule has 3 amide bonds. The van der Waals surface area contributed by atoms with Gasteiger partial charge in [-0.15, -0.1) is 0 Å². The van der Waals surface area contributed by atoms with Crippen LogP contribution in [0.25, 0.3) is 11.0 Å². The zero-order valence-electron chi connectivity index (χ0n) is 23.4. The summed E-state index contributed by atoms with van der Waals surface area (Å²) in [4.78, 5) is 48.4. The Labute approximate surface area is 251 Å². The summed E-state index contributed by atoms with van der Waals surface area (Å²) >= 11 is 6.30. The lowest BCUT2D eigenvalue weighted by atomic mass is 9.99. The fourth-order valence-electron chi connectivity index (χ4n) is 3.88. The number of benzene rings is 2. The third-order valence-corrected chi connectivity index (χ3v) is 10.7. The van der Waals surface area contributed by atoms with E-state index in [1.165, 1.54) is 43.3 Å². The van der Waals surface area contributed by atoms with E-state index in [0.29, 0.717) is 16.5 Å². The van der Waals surface area contributed by atoms with Gasteiger partial charge >= 0.3 is 11.7 Å². The molecule has 0 fully saturated rings. The molecular formula is C25H28ClN5O10S2. The molecule has 15 nitrogen and oxygen atoms in total. The Morgan fingerprint density at radius 1 is 0.977 bits per heavy atom. The minimum Gasteiger partial charge on any atom is -0.422 e. The summed E-state index contributed by atoms with van der Waals surface area (Å²) in [5.74, 6) is -2.31. The maximum absolute atomic E-state index is 13.3. The van der Waals surface area contributed by atoms with Crippen molar-refractivity contribution in [1.29, 1.82) is 0 Å². The predicted octanol–water partition coefficient (Wildman–Crippen LogP) is 0.544. The maximum atomic E-state index is 13.3. The molecule has 0 aliphatic carbocycles. The first kappa shape index (κ1) is 33.5. The lowest BCUT2D eigenvalue weighted by Gasteiger charge is -2.25. The van der Waals surface area contributed by atoms with Gasteiger partial charge in [-0.25, -0.2) is 18.0 Å². The number of nitrogens with zero attached hydrogens (tertiary/aromatic N) is 3. The Balaban J connectivity index is 1.99. The minimum atomic E-state index is -4.96. The molecule has 0 bridgehead atoms. The average molecular weight is 658 g/mol. The molecule has 0 aliphatic heterocycles. The monoisotopic (exact) mass is 657 g/mol. The number of carbonyl (C=O) groups is 3. The minimum absolute atomic E-state index is 0.0106. The second-order valence-electron chi connectivity index (χ2n) is 9.45. The first-order valence-electron chi connectivity index (χ1n) is 12.2. The number of carbonyl (C=O) groups excluding carboxylic acids is 3. The van der Waals surface area contributed by atoms with E-state index in [1.807, 2.05) is 0 Å². The Morgan fingerprint density at radius 3 is 2.14 bits per heavy atom. The SMILES string of the molecule is Cc1c(Cc2cccc(S(=O)(=O)N(C)S(=O)(=O)N(CC(N)=O)CC(N)=O)c2)c(=O)oc2cc(OC(=O)N(C)C)c(Cl)cc12. The summed E-state index contributed by atoms with van der Waals surface area (Å²) in [6.07, 6.45) is -0.812. The van der Waals surface area contributed by atoms with E-state index >= 15 is 0 Å². The number of aryl methyl sites for hydroxylation is 1. The van der Waals surface area contributed by atoms with Crippen LogP contribution in [0.3, 0.4) is 0 Å². The molecule has 0 saturated carbocycles. The predicted molar refractivity (Wildman–Crippen MR) is 155 cm³/mol. The standard InChI is InChI=1S/C25H28ClN5O10S2/c1-14-17-10-19(26)21(41-25(35)29(2)3)11-20(17)40-24(34)18(14)9-15-6-5-7-16(8-15)42(36,37)30(4)43(38,39)31(12-22(27)32)13-23(28)33/h5-8,10-11H,9,12-13H2,1-4H3,(H2,27,32)(H2,28,33). The maximum Gasteiger partial charge on any atom is 0.414 e. The van der Waals surface area contributed by atoms with Crippen molar-refractivity contribution in [3.63, 3.8) is 0 Å². The molecule has 0 aliphatic rings. The first-order chi connectivity index (χ1) is 19.9. The van der Waals surface area contributed by atoms with Gasteiger partial charge in [0.25, 0.3) is 20.2 Å². The van der Waals surface area contributed by atoms with E-state index in [-0.39, 0.29) is 36.4 Å². The summed E-state index contributed by atoms with van der Waals surface area (Å²) in [7, 11) is -6.05. The van der Waals surface area contributed by atoms with E-state index in [4.69, 9.17) is 32.2 Å². The van der Waals surface area contributed by atoms with Gasteiger partial charge in [0.05, 0.1) is 23.0 Å². The number of nitrogens with two attached hydrogens (primary N) is 2. The number of hydrogen-bond acceptors (Lipinski definition) is 10. The van der Waals surface area contributed by atoms with E-state index in [2.05, 4.69) is 0 Å². The Hall–Kier alpha value is -4.03. The van der Waals surface area contributed by atoms with Crippen molar-refractivity contribution < 1.29 is 40.4 Å².